The number of rotatable bonds is 2. The first-order valence-corrected chi connectivity index (χ1v) is 14.0. The lowest BCUT2D eigenvalue weighted by Gasteiger charge is -2.34. The molecule has 0 aromatic carbocycles. The van der Waals surface area contributed by atoms with Gasteiger partial charge in [-0.2, -0.15) is 0 Å². The van der Waals surface area contributed by atoms with E-state index < -0.39 is 35.6 Å². The molecule has 9 nitrogen and oxygen atoms in total. The summed E-state index contributed by atoms with van der Waals surface area (Å²) >= 11 is 1.53. The van der Waals surface area contributed by atoms with E-state index in [2.05, 4.69) is 15.0 Å². The maximum Gasteiger partial charge on any atom is 0.309 e. The number of aliphatic hydroxyl groups excluding tert-OH is 2. The van der Waals surface area contributed by atoms with Crippen LogP contribution in [0.1, 0.15) is 75.8 Å². The third-order valence-corrected chi connectivity index (χ3v) is 8.38. The summed E-state index contributed by atoms with van der Waals surface area (Å²) in [4.78, 5) is 39.5. The number of nitrogens with zero attached hydrogens (tertiary/aromatic N) is 3. The van der Waals surface area contributed by atoms with Gasteiger partial charge in [0.05, 0.1) is 40.4 Å². The summed E-state index contributed by atoms with van der Waals surface area (Å²) < 4.78 is 5.90. The number of hydrogen-bond acceptors (Lipinski definition) is 10. The van der Waals surface area contributed by atoms with Crippen molar-refractivity contribution in [3.05, 3.63) is 39.1 Å². The van der Waals surface area contributed by atoms with Gasteiger partial charge >= 0.3 is 5.97 Å². The van der Waals surface area contributed by atoms with Crippen LogP contribution in [-0.4, -0.2) is 55.2 Å². The standard InChI is InChI=1S/C28H40N4O5S/c1-15-8-7-9-19-13-30-27(29)32-21(19)11-22(16(2)10-20-14-38-18(4)31-20)37-24(34)12-23(33)28(5,6)26(36)17(3)25(15)35/h10,13-15,17,22-23,25,33,35H,7-9,11-12H2,1-6H3,(H2,29,30,32)/b16-10+/t15-,17+,22-,23-,25-/m0/s1. The Balaban J connectivity index is 2.00. The van der Waals surface area contributed by atoms with E-state index in [1.54, 1.807) is 27.0 Å². The molecule has 5 atom stereocenters. The molecular weight excluding hydrogens is 504 g/mol. The molecular formula is C28H40N4O5S. The SMILES string of the molecule is C/C(=C\c1csc(C)n1)[C@@H]1Cc2nc(N)ncc2CCC[C@H](C)[C@H](O)[C@@H](C)C(=O)C(C)(C)[C@@H](O)CC(=O)O1. The highest BCUT2D eigenvalue weighted by Gasteiger charge is 2.42. The highest BCUT2D eigenvalue weighted by molar-refractivity contribution is 7.09. The van der Waals surface area contributed by atoms with Gasteiger partial charge in [-0.15, -0.1) is 11.3 Å². The molecule has 1 aliphatic heterocycles. The van der Waals surface area contributed by atoms with Crippen molar-refractivity contribution in [2.24, 2.45) is 17.3 Å². The molecule has 1 aliphatic rings. The molecule has 0 spiro atoms. The molecule has 0 bridgehead atoms. The van der Waals surface area contributed by atoms with E-state index in [-0.39, 0.29) is 30.5 Å². The summed E-state index contributed by atoms with van der Waals surface area (Å²) in [6.07, 6.45) is 2.71. The number of anilines is 1. The van der Waals surface area contributed by atoms with E-state index in [1.807, 2.05) is 32.2 Å². The zero-order valence-corrected chi connectivity index (χ0v) is 23.9. The molecule has 38 heavy (non-hydrogen) atoms. The maximum atomic E-state index is 13.3. The minimum absolute atomic E-state index is 0.133. The van der Waals surface area contributed by atoms with Crippen LogP contribution in [0.25, 0.3) is 6.08 Å². The lowest BCUT2D eigenvalue weighted by molar-refractivity contribution is -0.154. The van der Waals surface area contributed by atoms with Gasteiger partial charge in [-0.25, -0.2) is 15.0 Å². The Kier molecular flexibility index (Phi) is 9.78. The van der Waals surface area contributed by atoms with E-state index in [1.165, 1.54) is 11.3 Å². The van der Waals surface area contributed by atoms with Gasteiger partial charge in [-0.3, -0.25) is 9.59 Å². The first kappa shape index (κ1) is 29.9. The van der Waals surface area contributed by atoms with Crippen molar-refractivity contribution in [1.29, 1.82) is 0 Å². The molecule has 0 unspecified atom stereocenters. The molecule has 0 fully saturated rings. The van der Waals surface area contributed by atoms with E-state index in [0.717, 1.165) is 28.3 Å². The van der Waals surface area contributed by atoms with Gasteiger partial charge in [-0.05, 0) is 56.2 Å². The molecule has 2 aromatic heterocycles. The average molecular weight is 545 g/mol. The first-order valence-electron chi connectivity index (χ1n) is 13.1. The van der Waals surface area contributed by atoms with Crippen molar-refractivity contribution < 1.29 is 24.5 Å². The van der Waals surface area contributed by atoms with Crippen LogP contribution in [0.3, 0.4) is 0 Å². The lowest BCUT2D eigenvalue weighted by Crippen LogP contribution is -2.45. The molecule has 0 saturated heterocycles. The zero-order chi connectivity index (χ0) is 28.2. The topological polar surface area (TPSA) is 149 Å². The zero-order valence-electron chi connectivity index (χ0n) is 23.1. The number of nitrogens with two attached hydrogens (primary N) is 1. The second-order valence-corrected chi connectivity index (χ2v) is 12.1. The Morgan fingerprint density at radius 1 is 1.21 bits per heavy atom. The quantitative estimate of drug-likeness (QED) is 0.481. The number of carbonyl (C=O) groups is 2. The fourth-order valence-electron chi connectivity index (χ4n) is 4.89. The van der Waals surface area contributed by atoms with E-state index in [9.17, 15) is 19.8 Å². The van der Waals surface area contributed by atoms with Crippen LogP contribution in [0.5, 0.6) is 0 Å². The number of hydrogen-bond donors (Lipinski definition) is 3. The smallest absolute Gasteiger partial charge is 0.309 e. The van der Waals surface area contributed by atoms with Gasteiger partial charge < -0.3 is 20.7 Å². The summed E-state index contributed by atoms with van der Waals surface area (Å²) in [6, 6.07) is 0. The van der Waals surface area contributed by atoms with Crippen molar-refractivity contribution in [1.82, 2.24) is 15.0 Å². The number of Topliss-reactive ketones (excluding diaryl/α,β-unsaturated/α-hetero) is 1. The van der Waals surface area contributed by atoms with Crippen LogP contribution >= 0.6 is 11.3 Å². The molecule has 3 heterocycles. The molecule has 0 aliphatic carbocycles. The number of ketones is 1. The number of carbonyl (C=O) groups excluding carboxylic acids is 2. The van der Waals surface area contributed by atoms with Gasteiger partial charge in [-0.1, -0.05) is 27.7 Å². The van der Waals surface area contributed by atoms with Crippen molar-refractivity contribution in [3.63, 3.8) is 0 Å². The van der Waals surface area contributed by atoms with Crippen LogP contribution in [0.15, 0.2) is 17.2 Å². The number of ether oxygens (including phenoxy) is 1. The van der Waals surface area contributed by atoms with E-state index >= 15 is 0 Å². The molecule has 0 amide bonds. The second-order valence-electron chi connectivity index (χ2n) is 11.0. The van der Waals surface area contributed by atoms with Gasteiger partial charge in [0.2, 0.25) is 5.95 Å². The number of fused-ring (bicyclic) bond motifs is 1. The Morgan fingerprint density at radius 2 is 1.92 bits per heavy atom. The first-order chi connectivity index (χ1) is 17.8. The van der Waals surface area contributed by atoms with Gasteiger partial charge in [0.15, 0.2) is 0 Å². The molecule has 2 aromatic rings. The molecule has 0 saturated carbocycles. The Bertz CT molecular complexity index is 1180. The molecule has 3 rings (SSSR count). The number of aliphatic hydroxyl groups is 2. The number of aromatic nitrogens is 3. The van der Waals surface area contributed by atoms with Crippen molar-refractivity contribution in [3.8, 4) is 0 Å². The number of aryl methyl sites for hydroxylation is 2. The van der Waals surface area contributed by atoms with Crippen LogP contribution in [0.2, 0.25) is 0 Å². The summed E-state index contributed by atoms with van der Waals surface area (Å²) in [5.74, 6) is -1.63. The summed E-state index contributed by atoms with van der Waals surface area (Å²) in [7, 11) is 0. The highest BCUT2D eigenvalue weighted by atomic mass is 32.1. The van der Waals surface area contributed by atoms with E-state index in [4.69, 9.17) is 10.5 Å². The van der Waals surface area contributed by atoms with Crippen LogP contribution < -0.4 is 5.73 Å². The number of cyclic esters (lactones) is 1. The minimum atomic E-state index is -1.28. The third-order valence-electron chi connectivity index (χ3n) is 7.59. The molecule has 4 N–H and O–H groups in total. The molecule has 208 valence electrons. The average Bonchev–Trinajstić information content (AvgIpc) is 3.26. The van der Waals surface area contributed by atoms with Crippen LogP contribution in [0, 0.1) is 24.2 Å². The fraction of sp³-hybridized carbons (Fsp3) is 0.607. The molecule has 0 radical (unpaired) electrons. The normalized spacial score (nSPS) is 28.0. The van der Waals surface area contributed by atoms with Gasteiger partial charge in [0, 0.05) is 23.9 Å². The predicted molar refractivity (Wildman–Crippen MR) is 147 cm³/mol. The highest BCUT2D eigenvalue weighted by Crippen LogP contribution is 2.32. The summed E-state index contributed by atoms with van der Waals surface area (Å²) in [6.45, 7) is 10.6. The number of esters is 1. The summed E-state index contributed by atoms with van der Waals surface area (Å²) in [5.41, 5.74) is 7.78. The minimum Gasteiger partial charge on any atom is -0.457 e. The van der Waals surface area contributed by atoms with Crippen molar-refractivity contribution >= 4 is 35.1 Å². The number of nitrogen functional groups attached to an aromatic ring is 1. The Hall–Kier alpha value is -2.69. The Morgan fingerprint density at radius 3 is 2.58 bits per heavy atom. The second kappa shape index (κ2) is 12.4. The van der Waals surface area contributed by atoms with E-state index in [0.29, 0.717) is 18.5 Å². The monoisotopic (exact) mass is 544 g/mol. The summed E-state index contributed by atoms with van der Waals surface area (Å²) in [5, 5.41) is 24.7. The van der Waals surface area contributed by atoms with Gasteiger partial charge in [0.25, 0.3) is 0 Å². The number of thiazole rings is 1. The van der Waals surface area contributed by atoms with Gasteiger partial charge in [0.1, 0.15) is 11.9 Å². The fourth-order valence-corrected chi connectivity index (χ4v) is 5.46. The molecule has 10 heteroatoms. The maximum absolute atomic E-state index is 13.3. The third kappa shape index (κ3) is 7.24. The van der Waals surface area contributed by atoms with Crippen molar-refractivity contribution in [2.75, 3.05) is 5.73 Å². The van der Waals surface area contributed by atoms with Crippen molar-refractivity contribution in [2.45, 2.75) is 92.0 Å². The predicted octanol–water partition coefficient (Wildman–Crippen LogP) is 3.70. The van der Waals surface area contributed by atoms with Crippen LogP contribution in [0.4, 0.5) is 5.95 Å². The lowest BCUT2D eigenvalue weighted by atomic mass is 9.73. The largest absolute Gasteiger partial charge is 0.457 e. The van der Waals surface area contributed by atoms with Crippen LogP contribution in [-0.2, 0) is 27.2 Å². The Labute approximate surface area is 228 Å².